The molecule has 0 atom stereocenters. The van der Waals surface area contributed by atoms with Gasteiger partial charge < -0.3 is 15.1 Å². The molecule has 0 aromatic heterocycles. The van der Waals surface area contributed by atoms with Crippen LogP contribution in [0.2, 0.25) is 0 Å². The fourth-order valence-corrected chi connectivity index (χ4v) is 4.76. The topological polar surface area (TPSA) is 113 Å². The fourth-order valence-electron chi connectivity index (χ4n) is 3.71. The first-order valence-electron chi connectivity index (χ1n) is 12.5. The van der Waals surface area contributed by atoms with E-state index in [-0.39, 0.29) is 35.8 Å². The molecule has 1 heterocycles. The molecule has 0 aliphatic carbocycles. The SMILES string of the molecule is C#CCCCC(=O)NCCC(C)(C)N(CCC(C)(C)SCCC(=O)ON1C(=O)CCC1=O)C(=O)CC. The van der Waals surface area contributed by atoms with Crippen LogP contribution in [-0.4, -0.2) is 68.7 Å². The summed E-state index contributed by atoms with van der Waals surface area (Å²) in [5, 5.41) is 3.48. The summed E-state index contributed by atoms with van der Waals surface area (Å²) in [7, 11) is 0. The summed E-state index contributed by atoms with van der Waals surface area (Å²) < 4.78 is -0.229. The van der Waals surface area contributed by atoms with Crippen molar-refractivity contribution in [2.45, 2.75) is 103 Å². The maximum Gasteiger partial charge on any atom is 0.334 e. The molecular formula is C26H41N3O6S. The number of amides is 4. The number of carbonyl (C=O) groups is 5. The molecule has 1 aliphatic heterocycles. The Kier molecular flexibility index (Phi) is 13.0. The monoisotopic (exact) mass is 523 g/mol. The van der Waals surface area contributed by atoms with Gasteiger partial charge in [-0.1, -0.05) is 20.8 Å². The van der Waals surface area contributed by atoms with Crippen molar-refractivity contribution in [3.05, 3.63) is 0 Å². The number of imide groups is 1. The van der Waals surface area contributed by atoms with E-state index in [4.69, 9.17) is 11.3 Å². The highest BCUT2D eigenvalue weighted by Crippen LogP contribution is 2.31. The molecule has 1 saturated heterocycles. The number of hydrogen-bond donors (Lipinski definition) is 1. The van der Waals surface area contributed by atoms with Gasteiger partial charge in [-0.15, -0.1) is 17.4 Å². The largest absolute Gasteiger partial charge is 0.356 e. The van der Waals surface area contributed by atoms with Crippen molar-refractivity contribution in [2.24, 2.45) is 0 Å². The first kappa shape index (κ1) is 31.5. The van der Waals surface area contributed by atoms with Crippen molar-refractivity contribution < 1.29 is 28.8 Å². The predicted molar refractivity (Wildman–Crippen MR) is 139 cm³/mol. The van der Waals surface area contributed by atoms with Gasteiger partial charge in [-0.05, 0) is 33.1 Å². The number of thioether (sulfide) groups is 1. The van der Waals surface area contributed by atoms with Gasteiger partial charge in [-0.2, -0.15) is 11.8 Å². The Morgan fingerprint density at radius 2 is 1.75 bits per heavy atom. The maximum atomic E-state index is 12.8. The summed E-state index contributed by atoms with van der Waals surface area (Å²) in [6, 6.07) is 0. The summed E-state index contributed by atoms with van der Waals surface area (Å²) in [4.78, 5) is 66.7. The Hall–Kier alpha value is -2.54. The van der Waals surface area contributed by atoms with E-state index in [9.17, 15) is 24.0 Å². The first-order chi connectivity index (χ1) is 16.8. The van der Waals surface area contributed by atoms with Crippen LogP contribution in [0.5, 0.6) is 0 Å². The van der Waals surface area contributed by atoms with Gasteiger partial charge >= 0.3 is 5.97 Å². The third-order valence-corrected chi connectivity index (χ3v) is 7.45. The lowest BCUT2D eigenvalue weighted by atomic mass is 9.96. The summed E-state index contributed by atoms with van der Waals surface area (Å²) >= 11 is 1.57. The Balaban J connectivity index is 2.53. The molecule has 1 N–H and O–H groups in total. The summed E-state index contributed by atoms with van der Waals surface area (Å²) in [6.45, 7) is 10.9. The smallest absolute Gasteiger partial charge is 0.334 e. The summed E-state index contributed by atoms with van der Waals surface area (Å²) in [5.74, 6) is 1.39. The number of unbranched alkanes of at least 4 members (excludes halogenated alkanes) is 1. The average molecular weight is 524 g/mol. The third kappa shape index (κ3) is 11.0. The van der Waals surface area contributed by atoms with E-state index in [1.165, 1.54) is 0 Å². The van der Waals surface area contributed by atoms with E-state index in [0.717, 1.165) is 0 Å². The lowest BCUT2D eigenvalue weighted by Crippen LogP contribution is -2.50. The van der Waals surface area contributed by atoms with Crippen molar-refractivity contribution in [3.8, 4) is 12.3 Å². The minimum atomic E-state index is -0.618. The second-order valence-electron chi connectivity index (χ2n) is 10.0. The van der Waals surface area contributed by atoms with Crippen LogP contribution < -0.4 is 5.32 Å². The van der Waals surface area contributed by atoms with E-state index < -0.39 is 23.3 Å². The molecule has 9 nitrogen and oxygen atoms in total. The lowest BCUT2D eigenvalue weighted by molar-refractivity contribution is -0.197. The molecule has 0 saturated carbocycles. The van der Waals surface area contributed by atoms with Crippen LogP contribution in [-0.2, 0) is 28.8 Å². The number of nitrogens with one attached hydrogen (secondary N) is 1. The molecule has 0 bridgehead atoms. The minimum Gasteiger partial charge on any atom is -0.356 e. The highest BCUT2D eigenvalue weighted by atomic mass is 32.2. The van der Waals surface area contributed by atoms with Crippen LogP contribution in [0, 0.1) is 12.3 Å². The van der Waals surface area contributed by atoms with E-state index in [2.05, 4.69) is 25.1 Å². The van der Waals surface area contributed by atoms with E-state index >= 15 is 0 Å². The fraction of sp³-hybridized carbons (Fsp3) is 0.731. The molecule has 1 fully saturated rings. The second-order valence-corrected chi connectivity index (χ2v) is 11.8. The van der Waals surface area contributed by atoms with Crippen LogP contribution in [0.1, 0.15) is 92.4 Å². The van der Waals surface area contributed by atoms with Gasteiger partial charge in [0.1, 0.15) is 0 Å². The number of terminal acetylenes is 1. The quantitative estimate of drug-likeness (QED) is 0.188. The molecule has 1 rings (SSSR count). The van der Waals surface area contributed by atoms with E-state index in [0.29, 0.717) is 62.4 Å². The van der Waals surface area contributed by atoms with Gasteiger partial charge in [0.2, 0.25) is 11.8 Å². The zero-order chi connectivity index (χ0) is 27.4. The molecule has 0 spiro atoms. The van der Waals surface area contributed by atoms with Crippen LogP contribution in [0.3, 0.4) is 0 Å². The Morgan fingerprint density at radius 1 is 1.11 bits per heavy atom. The number of carbonyl (C=O) groups excluding carboxylic acids is 5. The maximum absolute atomic E-state index is 12.8. The first-order valence-corrected chi connectivity index (χ1v) is 13.5. The van der Waals surface area contributed by atoms with Crippen molar-refractivity contribution in [1.82, 2.24) is 15.3 Å². The zero-order valence-corrected chi connectivity index (χ0v) is 23.1. The number of nitrogens with zero attached hydrogens (tertiary/aromatic N) is 2. The second kappa shape index (κ2) is 14.9. The number of hydroxylamine groups is 2. The zero-order valence-electron chi connectivity index (χ0n) is 22.3. The van der Waals surface area contributed by atoms with Gasteiger partial charge in [0, 0.05) is 61.2 Å². The van der Waals surface area contributed by atoms with Crippen LogP contribution >= 0.6 is 11.8 Å². The molecule has 1 aliphatic rings. The molecule has 10 heteroatoms. The molecule has 0 aromatic rings. The van der Waals surface area contributed by atoms with Crippen molar-refractivity contribution in [2.75, 3.05) is 18.8 Å². The van der Waals surface area contributed by atoms with Gasteiger partial charge in [0.05, 0.1) is 6.42 Å². The average Bonchev–Trinajstić information content (AvgIpc) is 3.10. The van der Waals surface area contributed by atoms with Crippen LogP contribution in [0.25, 0.3) is 0 Å². The predicted octanol–water partition coefficient (Wildman–Crippen LogP) is 3.21. The van der Waals surface area contributed by atoms with Crippen molar-refractivity contribution in [3.63, 3.8) is 0 Å². The standard InChI is InChI=1S/C26H41N3O6S/c1-7-9-10-11-20(30)27-17-15-25(3,4)28(21(31)8-2)18-16-26(5,6)36-19-14-24(34)35-29-22(32)12-13-23(29)33/h1H,8-19H2,2-6H3,(H,27,30). The van der Waals surface area contributed by atoms with Gasteiger partial charge in [-0.25, -0.2) is 4.79 Å². The molecule has 202 valence electrons. The van der Waals surface area contributed by atoms with Crippen LogP contribution in [0.4, 0.5) is 0 Å². The van der Waals surface area contributed by atoms with Gasteiger partial charge in [0.15, 0.2) is 0 Å². The van der Waals surface area contributed by atoms with Gasteiger partial charge in [-0.3, -0.25) is 19.2 Å². The molecule has 4 amide bonds. The lowest BCUT2D eigenvalue weighted by Gasteiger charge is -2.40. The van der Waals surface area contributed by atoms with Gasteiger partial charge in [0.25, 0.3) is 11.8 Å². The molecule has 36 heavy (non-hydrogen) atoms. The Labute approximate surface area is 219 Å². The molecule has 0 unspecified atom stereocenters. The van der Waals surface area contributed by atoms with Crippen molar-refractivity contribution >= 4 is 41.4 Å². The number of rotatable bonds is 16. The molecule has 0 radical (unpaired) electrons. The third-order valence-electron chi connectivity index (χ3n) is 6.05. The summed E-state index contributed by atoms with van der Waals surface area (Å²) in [5.41, 5.74) is -0.446. The van der Waals surface area contributed by atoms with Crippen molar-refractivity contribution in [1.29, 1.82) is 0 Å². The number of hydrogen-bond acceptors (Lipinski definition) is 7. The van der Waals surface area contributed by atoms with Crippen LogP contribution in [0.15, 0.2) is 0 Å². The highest BCUT2D eigenvalue weighted by Gasteiger charge is 2.34. The molecule has 0 aromatic carbocycles. The van der Waals surface area contributed by atoms with E-state index in [1.54, 1.807) is 11.8 Å². The normalized spacial score (nSPS) is 13.9. The molecular weight excluding hydrogens is 482 g/mol. The van der Waals surface area contributed by atoms with E-state index in [1.807, 2.05) is 25.7 Å². The Morgan fingerprint density at radius 3 is 2.33 bits per heavy atom. The Bertz CT molecular complexity index is 833. The highest BCUT2D eigenvalue weighted by molar-refractivity contribution is 8.00. The minimum absolute atomic E-state index is 0.0380. The summed E-state index contributed by atoms with van der Waals surface area (Å²) in [6.07, 6.45) is 8.74.